The standard InChI is InChI=1S/C21H19F2N3O2/c22-20(23)28-17-7-6-13-15(11-24-18(13)25-17)12-4-5-14-16(10-12)21(26-19(14)27)8-2-1-3-9-21/h4-7,10-11,20H,1-3,8-9H2,(H,24,25)(H,26,27). The van der Waals surface area contributed by atoms with Gasteiger partial charge in [0.05, 0.1) is 5.54 Å². The van der Waals surface area contributed by atoms with Crippen LogP contribution in [0.15, 0.2) is 36.5 Å². The van der Waals surface area contributed by atoms with Crippen LogP contribution >= 0.6 is 0 Å². The number of nitrogens with one attached hydrogen (secondary N) is 2. The van der Waals surface area contributed by atoms with Crippen molar-refractivity contribution < 1.29 is 18.3 Å². The number of hydrogen-bond donors (Lipinski definition) is 2. The number of amides is 1. The molecule has 1 saturated carbocycles. The lowest BCUT2D eigenvalue weighted by Crippen LogP contribution is -2.40. The molecule has 1 fully saturated rings. The lowest BCUT2D eigenvalue weighted by molar-refractivity contribution is -0.0526. The van der Waals surface area contributed by atoms with Crippen molar-refractivity contribution in [2.45, 2.75) is 44.3 Å². The zero-order chi connectivity index (χ0) is 19.3. The van der Waals surface area contributed by atoms with Gasteiger partial charge in [0.1, 0.15) is 5.65 Å². The second-order valence-electron chi connectivity index (χ2n) is 7.48. The Bertz CT molecular complexity index is 1070. The molecule has 3 aromatic rings. The Kier molecular flexibility index (Phi) is 3.86. The lowest BCUT2D eigenvalue weighted by atomic mass is 9.77. The average Bonchev–Trinajstić information content (AvgIpc) is 3.21. The number of alkyl halides is 2. The molecule has 2 aromatic heterocycles. The van der Waals surface area contributed by atoms with Crippen LogP contribution in [0, 0.1) is 0 Å². The number of carbonyl (C=O) groups is 1. The van der Waals surface area contributed by atoms with Crippen LogP contribution in [0.4, 0.5) is 8.78 Å². The van der Waals surface area contributed by atoms with Gasteiger partial charge in [0, 0.05) is 28.8 Å². The van der Waals surface area contributed by atoms with E-state index in [9.17, 15) is 13.6 Å². The van der Waals surface area contributed by atoms with E-state index < -0.39 is 6.61 Å². The first-order valence-corrected chi connectivity index (χ1v) is 9.46. The van der Waals surface area contributed by atoms with E-state index in [2.05, 4.69) is 26.1 Å². The number of pyridine rings is 1. The topological polar surface area (TPSA) is 67.0 Å². The van der Waals surface area contributed by atoms with Gasteiger partial charge in [0.2, 0.25) is 5.88 Å². The van der Waals surface area contributed by atoms with Crippen molar-refractivity contribution >= 4 is 16.9 Å². The maximum Gasteiger partial charge on any atom is 0.388 e. The molecule has 1 aromatic carbocycles. The number of nitrogens with zero attached hydrogens (tertiary/aromatic N) is 1. The summed E-state index contributed by atoms with van der Waals surface area (Å²) in [5.74, 6) is -0.126. The summed E-state index contributed by atoms with van der Waals surface area (Å²) in [4.78, 5) is 19.6. The summed E-state index contributed by atoms with van der Waals surface area (Å²) in [6.45, 7) is -2.91. The molecule has 144 valence electrons. The highest BCUT2D eigenvalue weighted by molar-refractivity contribution is 6.01. The van der Waals surface area contributed by atoms with Crippen molar-refractivity contribution in [2.24, 2.45) is 0 Å². The van der Waals surface area contributed by atoms with Crippen molar-refractivity contribution in [3.63, 3.8) is 0 Å². The molecule has 1 aliphatic heterocycles. The summed E-state index contributed by atoms with van der Waals surface area (Å²) in [6.07, 6.45) is 7.13. The molecule has 28 heavy (non-hydrogen) atoms. The third kappa shape index (κ3) is 2.65. The maximum absolute atomic E-state index is 12.5. The molecule has 0 radical (unpaired) electrons. The average molecular weight is 383 g/mol. The second kappa shape index (κ2) is 6.29. The first kappa shape index (κ1) is 17.2. The monoisotopic (exact) mass is 383 g/mol. The number of aromatic nitrogens is 2. The zero-order valence-electron chi connectivity index (χ0n) is 15.1. The van der Waals surface area contributed by atoms with Gasteiger partial charge in [0.25, 0.3) is 5.91 Å². The smallest absolute Gasteiger partial charge is 0.388 e. The number of rotatable bonds is 3. The summed E-state index contributed by atoms with van der Waals surface area (Å²) in [6, 6.07) is 9.05. The molecular weight excluding hydrogens is 364 g/mol. The number of ether oxygens (including phenoxy) is 1. The molecule has 3 heterocycles. The summed E-state index contributed by atoms with van der Waals surface area (Å²) in [5, 5.41) is 4.04. The van der Waals surface area contributed by atoms with E-state index in [1.807, 2.05) is 18.3 Å². The molecule has 0 saturated heterocycles. The van der Waals surface area contributed by atoms with Gasteiger partial charge in [-0.2, -0.15) is 13.8 Å². The quantitative estimate of drug-likeness (QED) is 0.687. The first-order valence-electron chi connectivity index (χ1n) is 9.46. The number of benzene rings is 1. The normalized spacial score (nSPS) is 17.9. The molecule has 1 aliphatic carbocycles. The molecule has 0 bridgehead atoms. The molecule has 2 aliphatic rings. The van der Waals surface area contributed by atoms with Crippen LogP contribution < -0.4 is 10.1 Å². The van der Waals surface area contributed by atoms with Crippen LogP contribution in [-0.4, -0.2) is 22.5 Å². The van der Waals surface area contributed by atoms with E-state index >= 15 is 0 Å². The van der Waals surface area contributed by atoms with Crippen LogP contribution in [0.25, 0.3) is 22.2 Å². The van der Waals surface area contributed by atoms with E-state index in [0.717, 1.165) is 53.3 Å². The SMILES string of the molecule is O=C1NC2(CCCCC2)c2cc(-c3c[nH]c4nc(OC(F)F)ccc34)ccc21. The van der Waals surface area contributed by atoms with Crippen LogP contribution in [0.1, 0.15) is 48.0 Å². The number of hydrogen-bond acceptors (Lipinski definition) is 3. The van der Waals surface area contributed by atoms with Gasteiger partial charge in [-0.25, -0.2) is 0 Å². The van der Waals surface area contributed by atoms with Crippen LogP contribution in [0.5, 0.6) is 5.88 Å². The fraction of sp³-hybridized carbons (Fsp3) is 0.333. The Hall–Kier alpha value is -2.96. The fourth-order valence-electron chi connectivity index (χ4n) is 4.59. The van der Waals surface area contributed by atoms with Gasteiger partial charge in [-0.15, -0.1) is 0 Å². The second-order valence-corrected chi connectivity index (χ2v) is 7.48. The van der Waals surface area contributed by atoms with E-state index in [1.165, 1.54) is 12.5 Å². The third-order valence-corrected chi connectivity index (χ3v) is 5.87. The molecule has 5 nitrogen and oxygen atoms in total. The molecule has 2 N–H and O–H groups in total. The van der Waals surface area contributed by atoms with E-state index in [1.54, 1.807) is 6.07 Å². The zero-order valence-corrected chi connectivity index (χ0v) is 15.1. The Morgan fingerprint density at radius 2 is 1.89 bits per heavy atom. The van der Waals surface area contributed by atoms with Gasteiger partial charge in [-0.3, -0.25) is 4.79 Å². The highest BCUT2D eigenvalue weighted by atomic mass is 19.3. The Morgan fingerprint density at radius 1 is 1.07 bits per heavy atom. The van der Waals surface area contributed by atoms with Crippen LogP contribution in [0.2, 0.25) is 0 Å². The third-order valence-electron chi connectivity index (χ3n) is 5.87. The maximum atomic E-state index is 12.5. The summed E-state index contributed by atoms with van der Waals surface area (Å²) < 4.78 is 29.2. The van der Waals surface area contributed by atoms with Crippen molar-refractivity contribution in [2.75, 3.05) is 0 Å². The Morgan fingerprint density at radius 3 is 2.68 bits per heavy atom. The minimum Gasteiger partial charge on any atom is -0.417 e. The molecule has 0 unspecified atom stereocenters. The lowest BCUT2D eigenvalue weighted by Gasteiger charge is -2.34. The Balaban J connectivity index is 1.58. The molecule has 0 atom stereocenters. The number of aromatic amines is 1. The first-order chi connectivity index (χ1) is 13.6. The minimum atomic E-state index is -2.91. The molecule has 5 rings (SSSR count). The summed E-state index contributed by atoms with van der Waals surface area (Å²) in [7, 11) is 0. The largest absolute Gasteiger partial charge is 0.417 e. The molecule has 1 spiro atoms. The number of fused-ring (bicyclic) bond motifs is 3. The molecular formula is C21H19F2N3O2. The number of halogens is 2. The highest BCUT2D eigenvalue weighted by Gasteiger charge is 2.43. The summed E-state index contributed by atoms with van der Waals surface area (Å²) >= 11 is 0. The Labute approximate surface area is 160 Å². The van der Waals surface area contributed by atoms with Crippen molar-refractivity contribution in [3.05, 3.63) is 47.7 Å². The predicted molar refractivity (Wildman–Crippen MR) is 100 cm³/mol. The minimum absolute atomic E-state index is 0.00201. The van der Waals surface area contributed by atoms with Crippen molar-refractivity contribution in [3.8, 4) is 17.0 Å². The van der Waals surface area contributed by atoms with Crippen molar-refractivity contribution in [1.29, 1.82) is 0 Å². The summed E-state index contributed by atoms with van der Waals surface area (Å²) in [5.41, 5.74) is 3.92. The van der Waals surface area contributed by atoms with Gasteiger partial charge in [0.15, 0.2) is 0 Å². The van der Waals surface area contributed by atoms with Gasteiger partial charge in [-0.05, 0) is 42.2 Å². The van der Waals surface area contributed by atoms with Gasteiger partial charge in [-0.1, -0.05) is 25.3 Å². The molecule has 1 amide bonds. The van der Waals surface area contributed by atoms with E-state index in [0.29, 0.717) is 5.65 Å². The van der Waals surface area contributed by atoms with Gasteiger partial charge < -0.3 is 15.0 Å². The number of H-pyrrole nitrogens is 1. The fourth-order valence-corrected chi connectivity index (χ4v) is 4.59. The van der Waals surface area contributed by atoms with E-state index in [-0.39, 0.29) is 17.3 Å². The van der Waals surface area contributed by atoms with Gasteiger partial charge >= 0.3 is 6.61 Å². The van der Waals surface area contributed by atoms with Crippen molar-refractivity contribution in [1.82, 2.24) is 15.3 Å². The van der Waals surface area contributed by atoms with E-state index in [4.69, 9.17) is 0 Å². The highest BCUT2D eigenvalue weighted by Crippen LogP contribution is 2.44. The predicted octanol–water partition coefficient (Wildman–Crippen LogP) is 4.73. The van der Waals surface area contributed by atoms with Crippen LogP contribution in [-0.2, 0) is 5.54 Å². The van der Waals surface area contributed by atoms with Crippen LogP contribution in [0.3, 0.4) is 0 Å². The number of carbonyl (C=O) groups excluding carboxylic acids is 1. The molecule has 7 heteroatoms.